The summed E-state index contributed by atoms with van der Waals surface area (Å²) in [5, 5.41) is 7.00. The van der Waals surface area contributed by atoms with Crippen LogP contribution < -0.4 is 5.32 Å². The van der Waals surface area contributed by atoms with Crippen molar-refractivity contribution in [2.75, 3.05) is 11.1 Å². The molecule has 1 amide bonds. The van der Waals surface area contributed by atoms with E-state index in [1.807, 2.05) is 60.7 Å². The van der Waals surface area contributed by atoms with Crippen molar-refractivity contribution in [2.24, 2.45) is 0 Å². The maximum atomic E-state index is 12.3. The Balaban J connectivity index is 1.46. The van der Waals surface area contributed by atoms with Crippen molar-refractivity contribution in [3.63, 3.8) is 0 Å². The van der Waals surface area contributed by atoms with Crippen molar-refractivity contribution in [2.45, 2.75) is 5.03 Å². The summed E-state index contributed by atoms with van der Waals surface area (Å²) in [5.74, 6) is 0.247. The summed E-state index contributed by atoms with van der Waals surface area (Å²) in [5.41, 5.74) is 1.69. The number of rotatable bonds is 4. The maximum absolute atomic E-state index is 12.3. The predicted octanol–water partition coefficient (Wildman–Crippen LogP) is 4.51. The molecule has 0 radical (unpaired) electrons. The molecule has 0 unspecified atom stereocenters. The number of thioether (sulfide) groups is 1. The number of carbonyl (C=O) groups excluding carboxylic acids is 1. The fourth-order valence-electron chi connectivity index (χ4n) is 2.69. The second-order valence-electron chi connectivity index (χ2n) is 5.59. The van der Waals surface area contributed by atoms with Crippen LogP contribution in [-0.2, 0) is 4.79 Å². The molecule has 1 aromatic heterocycles. The Labute approximate surface area is 149 Å². The topological polar surface area (TPSA) is 54.9 Å². The molecule has 1 heterocycles. The van der Waals surface area contributed by atoms with E-state index in [4.69, 9.17) is 0 Å². The van der Waals surface area contributed by atoms with Crippen molar-refractivity contribution in [3.05, 3.63) is 73.1 Å². The van der Waals surface area contributed by atoms with Crippen LogP contribution in [0.25, 0.3) is 21.7 Å². The molecule has 4 nitrogen and oxygen atoms in total. The molecule has 0 fully saturated rings. The van der Waals surface area contributed by atoms with Crippen molar-refractivity contribution >= 4 is 45.0 Å². The Bertz CT molecular complexity index is 1060. The smallest absolute Gasteiger partial charge is 0.234 e. The van der Waals surface area contributed by atoms with Gasteiger partial charge in [0.15, 0.2) is 0 Å². The molecule has 0 aliphatic carbocycles. The number of amides is 1. The van der Waals surface area contributed by atoms with Crippen molar-refractivity contribution in [1.29, 1.82) is 0 Å². The quantitative estimate of drug-likeness (QED) is 0.437. The third-order valence-corrected chi connectivity index (χ3v) is 4.88. The first-order valence-electron chi connectivity index (χ1n) is 7.91. The monoisotopic (exact) mass is 345 g/mol. The maximum Gasteiger partial charge on any atom is 0.234 e. The number of fused-ring (bicyclic) bond motifs is 2. The van der Waals surface area contributed by atoms with Crippen molar-refractivity contribution < 1.29 is 4.79 Å². The van der Waals surface area contributed by atoms with Crippen LogP contribution in [0.5, 0.6) is 0 Å². The molecule has 122 valence electrons. The van der Waals surface area contributed by atoms with E-state index >= 15 is 0 Å². The van der Waals surface area contributed by atoms with Gasteiger partial charge in [-0.15, -0.1) is 0 Å². The summed E-state index contributed by atoms with van der Waals surface area (Å²) < 4.78 is 0. The molecule has 3 aromatic carbocycles. The number of para-hydroxylation sites is 1. The largest absolute Gasteiger partial charge is 0.325 e. The van der Waals surface area contributed by atoms with E-state index in [1.165, 1.54) is 18.1 Å². The Morgan fingerprint density at radius 2 is 1.72 bits per heavy atom. The fourth-order valence-corrected chi connectivity index (χ4v) is 3.48. The van der Waals surface area contributed by atoms with Gasteiger partial charge in [-0.3, -0.25) is 4.79 Å². The Hall–Kier alpha value is -2.92. The normalized spacial score (nSPS) is 10.9. The lowest BCUT2D eigenvalue weighted by Crippen LogP contribution is -2.14. The molecule has 4 rings (SSSR count). The second kappa shape index (κ2) is 6.91. The van der Waals surface area contributed by atoms with E-state index < -0.39 is 0 Å². The van der Waals surface area contributed by atoms with Gasteiger partial charge in [0.2, 0.25) is 5.91 Å². The minimum Gasteiger partial charge on any atom is -0.325 e. The van der Waals surface area contributed by atoms with Gasteiger partial charge in [0.25, 0.3) is 0 Å². The van der Waals surface area contributed by atoms with Crippen LogP contribution in [0.15, 0.2) is 78.1 Å². The van der Waals surface area contributed by atoms with Gasteiger partial charge in [0, 0.05) is 11.1 Å². The third kappa shape index (κ3) is 3.46. The third-order valence-electron chi connectivity index (χ3n) is 3.88. The summed E-state index contributed by atoms with van der Waals surface area (Å²) in [6.45, 7) is 0. The van der Waals surface area contributed by atoms with Gasteiger partial charge in [-0.05, 0) is 29.0 Å². The van der Waals surface area contributed by atoms with Crippen molar-refractivity contribution in [1.82, 2.24) is 9.97 Å². The molecule has 1 N–H and O–H groups in total. The zero-order chi connectivity index (χ0) is 17.1. The lowest BCUT2D eigenvalue weighted by atomic mass is 10.1. The molecule has 0 saturated heterocycles. The van der Waals surface area contributed by atoms with Crippen LogP contribution >= 0.6 is 11.8 Å². The number of nitrogens with zero attached hydrogens (tertiary/aromatic N) is 2. The van der Waals surface area contributed by atoms with Gasteiger partial charge in [-0.25, -0.2) is 9.97 Å². The lowest BCUT2D eigenvalue weighted by molar-refractivity contribution is -0.113. The van der Waals surface area contributed by atoms with E-state index in [0.717, 1.165) is 32.4 Å². The Morgan fingerprint density at radius 1 is 0.920 bits per heavy atom. The lowest BCUT2D eigenvalue weighted by Gasteiger charge is -2.07. The van der Waals surface area contributed by atoms with Gasteiger partial charge in [0.1, 0.15) is 11.4 Å². The number of aromatic nitrogens is 2. The molecule has 25 heavy (non-hydrogen) atoms. The van der Waals surface area contributed by atoms with E-state index in [2.05, 4.69) is 21.4 Å². The second-order valence-corrected chi connectivity index (χ2v) is 6.56. The van der Waals surface area contributed by atoms with Crippen LogP contribution in [-0.4, -0.2) is 21.6 Å². The van der Waals surface area contributed by atoms with Gasteiger partial charge >= 0.3 is 0 Å². The molecule has 0 saturated carbocycles. The standard InChI is InChI=1S/C20H15N3OS/c24-19(23-16-10-9-14-5-1-2-6-15(14)11-16)12-25-20-17-7-3-4-8-18(17)21-13-22-20/h1-11,13H,12H2,(H,23,24). The Morgan fingerprint density at radius 3 is 2.64 bits per heavy atom. The van der Waals surface area contributed by atoms with E-state index in [1.54, 1.807) is 0 Å². The molecule has 0 atom stereocenters. The molecular weight excluding hydrogens is 330 g/mol. The number of hydrogen-bond acceptors (Lipinski definition) is 4. The molecule has 5 heteroatoms. The van der Waals surface area contributed by atoms with Gasteiger partial charge in [-0.1, -0.05) is 60.3 Å². The van der Waals surface area contributed by atoms with Crippen LogP contribution in [0.2, 0.25) is 0 Å². The molecule has 4 aromatic rings. The molecule has 0 aliphatic heterocycles. The molecular formula is C20H15N3OS. The van der Waals surface area contributed by atoms with E-state index in [-0.39, 0.29) is 5.91 Å². The summed E-state index contributed by atoms with van der Waals surface area (Å²) in [6, 6.07) is 21.8. The summed E-state index contributed by atoms with van der Waals surface area (Å²) in [7, 11) is 0. The Kier molecular flexibility index (Phi) is 4.31. The number of hydrogen-bond donors (Lipinski definition) is 1. The van der Waals surface area contributed by atoms with Crippen LogP contribution in [0.4, 0.5) is 5.69 Å². The minimum atomic E-state index is -0.0528. The fraction of sp³-hybridized carbons (Fsp3) is 0.0500. The molecule has 0 bridgehead atoms. The number of nitrogens with one attached hydrogen (secondary N) is 1. The highest BCUT2D eigenvalue weighted by Gasteiger charge is 2.08. The zero-order valence-electron chi connectivity index (χ0n) is 13.3. The number of anilines is 1. The van der Waals surface area contributed by atoms with Gasteiger partial charge < -0.3 is 5.32 Å². The van der Waals surface area contributed by atoms with Crippen molar-refractivity contribution in [3.8, 4) is 0 Å². The first kappa shape index (κ1) is 15.6. The average Bonchev–Trinajstić information content (AvgIpc) is 2.66. The highest BCUT2D eigenvalue weighted by Crippen LogP contribution is 2.24. The SMILES string of the molecule is O=C(CSc1ncnc2ccccc12)Nc1ccc2ccccc2c1. The van der Waals surface area contributed by atoms with E-state index in [9.17, 15) is 4.79 Å². The van der Waals surface area contributed by atoms with Gasteiger partial charge in [0.05, 0.1) is 11.3 Å². The highest BCUT2D eigenvalue weighted by molar-refractivity contribution is 8.00. The molecule has 0 aliphatic rings. The van der Waals surface area contributed by atoms with Crippen LogP contribution in [0.3, 0.4) is 0 Å². The molecule has 0 spiro atoms. The highest BCUT2D eigenvalue weighted by atomic mass is 32.2. The van der Waals surface area contributed by atoms with Gasteiger partial charge in [-0.2, -0.15) is 0 Å². The van der Waals surface area contributed by atoms with Crippen LogP contribution in [0.1, 0.15) is 0 Å². The van der Waals surface area contributed by atoms with E-state index in [0.29, 0.717) is 5.75 Å². The summed E-state index contributed by atoms with van der Waals surface area (Å²) in [4.78, 5) is 20.8. The zero-order valence-corrected chi connectivity index (χ0v) is 14.2. The summed E-state index contributed by atoms with van der Waals surface area (Å²) >= 11 is 1.42. The minimum absolute atomic E-state index is 0.0528. The average molecular weight is 345 g/mol. The number of benzene rings is 3. The number of carbonyl (C=O) groups is 1. The first-order valence-corrected chi connectivity index (χ1v) is 8.89. The summed E-state index contributed by atoms with van der Waals surface area (Å²) in [6.07, 6.45) is 1.53. The van der Waals surface area contributed by atoms with Crippen LogP contribution in [0, 0.1) is 0 Å². The predicted molar refractivity (Wildman–Crippen MR) is 103 cm³/mol. The first-order chi connectivity index (χ1) is 12.3.